The molecular weight excluding hydrogens is 569 g/mol. The van der Waals surface area contributed by atoms with Gasteiger partial charge in [-0.1, -0.05) is 26.0 Å². The van der Waals surface area contributed by atoms with Crippen molar-refractivity contribution < 1.29 is 26.3 Å². The zero-order valence-corrected chi connectivity index (χ0v) is 24.3. The second kappa shape index (κ2) is 11.7. The molecule has 1 aromatic carbocycles. The summed E-state index contributed by atoms with van der Waals surface area (Å²) >= 11 is 0. The van der Waals surface area contributed by atoms with Gasteiger partial charge in [-0.15, -0.1) is 5.10 Å². The molecule has 0 unspecified atom stereocenters. The predicted octanol–water partition coefficient (Wildman–Crippen LogP) is 4.60. The average Bonchev–Trinajstić information content (AvgIpc) is 3.33. The van der Waals surface area contributed by atoms with E-state index in [4.69, 9.17) is 29.3 Å². The highest BCUT2D eigenvalue weighted by atomic mass is 19.3. The zero-order chi connectivity index (χ0) is 32.1. The van der Waals surface area contributed by atoms with Crippen molar-refractivity contribution in [2.24, 2.45) is 5.41 Å². The van der Waals surface area contributed by atoms with Gasteiger partial charge >= 0.3 is 0 Å². The predicted molar refractivity (Wildman–Crippen MR) is 156 cm³/mol. The molecule has 43 heavy (non-hydrogen) atoms. The van der Waals surface area contributed by atoms with Crippen LogP contribution in [0.4, 0.5) is 32.3 Å². The maximum Gasteiger partial charge on any atom is 0.260 e. The number of nitrogens with two attached hydrogens (primary N) is 1. The summed E-state index contributed by atoms with van der Waals surface area (Å²) in [5.41, 5.74) is 6.87. The Balaban J connectivity index is 0.000000296. The average molecular weight is 599 g/mol. The van der Waals surface area contributed by atoms with Crippen molar-refractivity contribution in [1.29, 1.82) is 0 Å². The Labute approximate surface area is 249 Å². The Kier molecular flexibility index (Phi) is 8.94. The van der Waals surface area contributed by atoms with Crippen LogP contribution in [-0.4, -0.2) is 83.3 Å². The van der Waals surface area contributed by atoms with Gasteiger partial charge in [-0.25, -0.2) is 40.8 Å². The van der Waals surface area contributed by atoms with E-state index in [9.17, 15) is 22.0 Å². The van der Waals surface area contributed by atoms with Gasteiger partial charge in [-0.2, -0.15) is 0 Å². The van der Waals surface area contributed by atoms with Gasteiger partial charge in [-0.3, -0.25) is 0 Å². The molecule has 1 aliphatic rings. The molecule has 4 heterocycles. The molecule has 2 N–H and O–H groups in total. The highest BCUT2D eigenvalue weighted by Gasteiger charge is 2.38. The minimum atomic E-state index is -2.71. The van der Waals surface area contributed by atoms with Crippen molar-refractivity contribution in [3.8, 4) is 11.1 Å². The summed E-state index contributed by atoms with van der Waals surface area (Å²) in [5, 5.41) is 2.43. The minimum Gasteiger partial charge on any atom is -0.367 e. The number of nitrogens with zero attached hydrogens (tertiary/aromatic N) is 6. The molecule has 1 fully saturated rings. The van der Waals surface area contributed by atoms with Crippen molar-refractivity contribution in [1.82, 2.24) is 29.0 Å². The Morgan fingerprint density at radius 2 is 1.74 bits per heavy atom. The molecule has 7 nitrogen and oxygen atoms in total. The van der Waals surface area contributed by atoms with Crippen molar-refractivity contribution in [2.75, 3.05) is 18.8 Å². The monoisotopic (exact) mass is 599 g/mol. The number of likely N-dealkylation sites (tertiary alicyclic amines) is 1. The third-order valence-corrected chi connectivity index (χ3v) is 6.92. The van der Waals surface area contributed by atoms with E-state index in [0.29, 0.717) is 30.6 Å². The Morgan fingerprint density at radius 1 is 1.07 bits per heavy atom. The van der Waals surface area contributed by atoms with Crippen molar-refractivity contribution in [2.45, 2.75) is 71.1 Å². The fourth-order valence-electron chi connectivity index (χ4n) is 5.15. The number of aromatic nitrogens is 5. The standard InChI is InChI=1S/C21H22F4N6.C6H8B3F2N/c1-10-27-18-12(22)5-11(6-15(18)30(10)9-16(24)25)17-13(23)8-31-19(17)14(7-21(2,3)4)28-20(26)29-31;7-6(8,9)12-3-1-2-5(10,11)4-12/h5-6,8,16H,7,9H2,1-4H3,(H2,26,29);1-4H2. The second-order valence-electron chi connectivity index (χ2n) is 12.1. The Bertz CT molecular complexity index is 1620. The van der Waals surface area contributed by atoms with Crippen LogP contribution < -0.4 is 5.73 Å². The molecular formula is C27H30B3F6N7. The topological polar surface area (TPSA) is 77.3 Å². The summed E-state index contributed by atoms with van der Waals surface area (Å²) in [6, 6.07) is 2.62. The number of alkyl halides is 4. The van der Waals surface area contributed by atoms with Crippen LogP contribution in [0, 0.1) is 24.0 Å². The number of fused-ring (bicyclic) bond motifs is 2. The van der Waals surface area contributed by atoms with Crippen LogP contribution in [0.3, 0.4) is 0 Å². The van der Waals surface area contributed by atoms with Gasteiger partial charge in [-0.05, 0) is 49.4 Å². The first-order valence-electron chi connectivity index (χ1n) is 13.5. The number of piperidine rings is 1. The number of aryl methyl sites for hydroxylation is 1. The van der Waals surface area contributed by atoms with Crippen LogP contribution in [-0.2, 0) is 13.0 Å². The largest absolute Gasteiger partial charge is 0.367 e. The molecule has 0 atom stereocenters. The SMILES string of the molecule is Cc1nc2c(F)cc(-c3c(F)cn4nc(N)nc(CC(C)(C)C)c34)cc2n1CC(F)F.[B]C([B])([B])N1CCCC(F)(F)C1. The molecule has 0 bridgehead atoms. The minimum absolute atomic E-state index is 0.0134. The molecule has 3 aromatic heterocycles. The quantitative estimate of drug-likeness (QED) is 0.268. The summed E-state index contributed by atoms with van der Waals surface area (Å²) in [5.74, 6) is -3.85. The van der Waals surface area contributed by atoms with E-state index in [0.717, 1.165) is 12.3 Å². The van der Waals surface area contributed by atoms with E-state index >= 15 is 4.39 Å². The molecule has 6 radical (unpaired) electrons. The molecule has 1 aliphatic heterocycles. The number of rotatable bonds is 5. The fraction of sp³-hybridized carbons (Fsp3) is 0.519. The zero-order valence-electron chi connectivity index (χ0n) is 24.3. The molecule has 1 saturated heterocycles. The van der Waals surface area contributed by atoms with Gasteiger partial charge in [0.1, 0.15) is 11.3 Å². The van der Waals surface area contributed by atoms with Crippen LogP contribution in [0.15, 0.2) is 18.3 Å². The van der Waals surface area contributed by atoms with Gasteiger partial charge in [0.05, 0.1) is 59.6 Å². The molecule has 4 aromatic rings. The first-order chi connectivity index (χ1) is 19.8. The lowest BCUT2D eigenvalue weighted by Gasteiger charge is -2.42. The summed E-state index contributed by atoms with van der Waals surface area (Å²) in [6.07, 6.45) is -0.768. The number of benzene rings is 1. The number of hydrogen-bond donors (Lipinski definition) is 1. The van der Waals surface area contributed by atoms with E-state index in [1.54, 1.807) is 0 Å². The van der Waals surface area contributed by atoms with Gasteiger partial charge in [0, 0.05) is 12.0 Å². The number of imidazole rings is 1. The van der Waals surface area contributed by atoms with Gasteiger partial charge < -0.3 is 15.2 Å². The fourth-order valence-corrected chi connectivity index (χ4v) is 5.15. The first-order valence-corrected chi connectivity index (χ1v) is 13.5. The lowest BCUT2D eigenvalue weighted by Crippen LogP contribution is -2.57. The van der Waals surface area contributed by atoms with E-state index < -0.39 is 42.3 Å². The van der Waals surface area contributed by atoms with Crippen molar-refractivity contribution in [3.05, 3.63) is 41.5 Å². The van der Waals surface area contributed by atoms with Crippen LogP contribution in [0.5, 0.6) is 0 Å². The number of nitrogen functional groups attached to an aromatic ring is 1. The van der Waals surface area contributed by atoms with Crippen LogP contribution in [0.1, 0.15) is 45.1 Å². The van der Waals surface area contributed by atoms with Crippen LogP contribution in [0.2, 0.25) is 0 Å². The van der Waals surface area contributed by atoms with E-state index in [1.165, 1.54) is 27.0 Å². The van der Waals surface area contributed by atoms with E-state index in [1.807, 2.05) is 20.8 Å². The lowest BCUT2D eigenvalue weighted by molar-refractivity contribution is -0.0652. The van der Waals surface area contributed by atoms with E-state index in [-0.39, 0.29) is 45.8 Å². The first kappa shape index (κ1) is 32.8. The second-order valence-corrected chi connectivity index (χ2v) is 12.1. The van der Waals surface area contributed by atoms with Gasteiger partial charge in [0.25, 0.3) is 12.3 Å². The maximum atomic E-state index is 15.1. The molecule has 224 valence electrons. The summed E-state index contributed by atoms with van der Waals surface area (Å²) < 4.78 is 84.2. The van der Waals surface area contributed by atoms with Crippen molar-refractivity contribution in [3.63, 3.8) is 0 Å². The van der Waals surface area contributed by atoms with Gasteiger partial charge in [0.15, 0.2) is 11.6 Å². The maximum absolute atomic E-state index is 15.1. The molecule has 0 aliphatic carbocycles. The third kappa shape index (κ3) is 7.50. The number of anilines is 1. The smallest absolute Gasteiger partial charge is 0.260 e. The Hall–Kier alpha value is -3.16. The summed E-state index contributed by atoms with van der Waals surface area (Å²) in [6.45, 7) is 6.86. The number of halogens is 6. The molecule has 0 spiro atoms. The normalized spacial score (nSPS) is 16.2. The third-order valence-electron chi connectivity index (χ3n) is 6.92. The summed E-state index contributed by atoms with van der Waals surface area (Å²) in [4.78, 5) is 9.56. The van der Waals surface area contributed by atoms with Crippen LogP contribution in [0.25, 0.3) is 27.7 Å². The van der Waals surface area contributed by atoms with Gasteiger partial charge in [0.2, 0.25) is 5.95 Å². The molecule has 0 saturated carbocycles. The van der Waals surface area contributed by atoms with E-state index in [2.05, 4.69) is 15.1 Å². The summed E-state index contributed by atoms with van der Waals surface area (Å²) in [7, 11) is 15.8. The molecule has 0 amide bonds. The molecule has 5 rings (SSSR count). The lowest BCUT2D eigenvalue weighted by atomic mass is 9.48. The molecule has 16 heteroatoms. The Morgan fingerprint density at radius 3 is 2.30 bits per heavy atom. The highest BCUT2D eigenvalue weighted by Crippen LogP contribution is 2.36. The number of hydrogen-bond acceptors (Lipinski definition) is 5. The highest BCUT2D eigenvalue weighted by molar-refractivity contribution is 6.59. The van der Waals surface area contributed by atoms with Crippen LogP contribution >= 0.6 is 0 Å². The van der Waals surface area contributed by atoms with Crippen molar-refractivity contribution >= 4 is 46.0 Å².